The molecule has 0 aromatic rings. The van der Waals surface area contributed by atoms with Crippen molar-refractivity contribution in [3.05, 3.63) is 0 Å². The number of thiol groups is 1. The van der Waals surface area contributed by atoms with Crippen molar-refractivity contribution in [2.75, 3.05) is 6.54 Å². The topological polar surface area (TPSA) is 20.3 Å². The first-order chi connectivity index (χ1) is 5.82. The minimum atomic E-state index is -4.34. The molecule has 0 spiro atoms. The highest BCUT2D eigenvalue weighted by Crippen LogP contribution is 2.28. The molecule has 1 heterocycles. The molecule has 1 rings (SSSR count). The third kappa shape index (κ3) is 2.30. The maximum absolute atomic E-state index is 12.2. The predicted molar refractivity (Wildman–Crippen MR) is 44.6 cm³/mol. The van der Waals surface area contributed by atoms with Crippen LogP contribution in [-0.2, 0) is 4.79 Å². The summed E-state index contributed by atoms with van der Waals surface area (Å²) in [6.07, 6.45) is -4.24. The zero-order chi connectivity index (χ0) is 10.2. The molecule has 2 nitrogen and oxygen atoms in total. The summed E-state index contributed by atoms with van der Waals surface area (Å²) in [5.74, 6) is -0.468. The Morgan fingerprint density at radius 2 is 2.15 bits per heavy atom. The summed E-state index contributed by atoms with van der Waals surface area (Å²) in [6.45, 7) is 1.08. The molecule has 1 amide bonds. The van der Waals surface area contributed by atoms with E-state index in [4.69, 9.17) is 0 Å². The van der Waals surface area contributed by atoms with Crippen LogP contribution in [0, 0.1) is 0 Å². The standard InChI is InChI=1S/C7H10F3NOS/c1-4(7(8,9)10)11-3-5(13)2-6(11)12/h4-5,13H,2-3H2,1H3. The Balaban J connectivity index is 2.68. The summed E-state index contributed by atoms with van der Waals surface area (Å²) in [5.41, 5.74) is 0. The van der Waals surface area contributed by atoms with Crippen molar-refractivity contribution < 1.29 is 18.0 Å². The van der Waals surface area contributed by atoms with Crippen LogP contribution in [0.1, 0.15) is 13.3 Å². The van der Waals surface area contributed by atoms with Crippen LogP contribution in [0.2, 0.25) is 0 Å². The molecular weight excluding hydrogens is 203 g/mol. The van der Waals surface area contributed by atoms with Gasteiger partial charge < -0.3 is 4.90 Å². The van der Waals surface area contributed by atoms with Crippen molar-refractivity contribution in [1.82, 2.24) is 4.90 Å². The second kappa shape index (κ2) is 3.40. The van der Waals surface area contributed by atoms with Crippen LogP contribution in [0.4, 0.5) is 13.2 Å². The van der Waals surface area contributed by atoms with E-state index in [1.165, 1.54) is 0 Å². The third-order valence-corrected chi connectivity index (χ3v) is 2.43. The van der Waals surface area contributed by atoms with E-state index in [9.17, 15) is 18.0 Å². The second-order valence-corrected chi connectivity index (χ2v) is 3.85. The summed E-state index contributed by atoms with van der Waals surface area (Å²) in [4.78, 5) is 11.9. The minimum Gasteiger partial charge on any atom is -0.330 e. The highest BCUT2D eigenvalue weighted by molar-refractivity contribution is 7.81. The van der Waals surface area contributed by atoms with Crippen molar-refractivity contribution in [3.8, 4) is 0 Å². The van der Waals surface area contributed by atoms with Gasteiger partial charge in [-0.05, 0) is 6.92 Å². The van der Waals surface area contributed by atoms with E-state index in [1.807, 2.05) is 0 Å². The number of rotatable bonds is 1. The van der Waals surface area contributed by atoms with Crippen molar-refractivity contribution in [1.29, 1.82) is 0 Å². The zero-order valence-corrected chi connectivity index (χ0v) is 7.90. The van der Waals surface area contributed by atoms with Gasteiger partial charge in [0.15, 0.2) is 0 Å². The van der Waals surface area contributed by atoms with Gasteiger partial charge in [0, 0.05) is 18.2 Å². The number of alkyl halides is 3. The summed E-state index contributed by atoms with van der Waals surface area (Å²) in [6, 6.07) is -1.70. The van der Waals surface area contributed by atoms with Gasteiger partial charge in [-0.15, -0.1) is 0 Å². The quantitative estimate of drug-likeness (QED) is 0.654. The second-order valence-electron chi connectivity index (χ2n) is 3.12. The molecule has 0 radical (unpaired) electrons. The normalized spacial score (nSPS) is 26.7. The third-order valence-electron chi connectivity index (χ3n) is 2.08. The number of carbonyl (C=O) groups is 1. The van der Waals surface area contributed by atoms with Gasteiger partial charge in [0.2, 0.25) is 5.91 Å². The maximum atomic E-state index is 12.2. The molecule has 0 aromatic heterocycles. The first kappa shape index (κ1) is 10.7. The van der Waals surface area contributed by atoms with E-state index in [1.54, 1.807) is 0 Å². The summed E-state index contributed by atoms with van der Waals surface area (Å²) in [7, 11) is 0. The number of hydrogen-bond acceptors (Lipinski definition) is 2. The van der Waals surface area contributed by atoms with Crippen molar-refractivity contribution in [3.63, 3.8) is 0 Å². The molecule has 1 aliphatic rings. The fourth-order valence-electron chi connectivity index (χ4n) is 1.26. The smallest absolute Gasteiger partial charge is 0.330 e. The lowest BCUT2D eigenvalue weighted by molar-refractivity contribution is -0.182. The minimum absolute atomic E-state index is 0.0859. The monoisotopic (exact) mass is 213 g/mol. The molecule has 0 saturated carbocycles. The average molecular weight is 213 g/mol. The lowest BCUT2D eigenvalue weighted by Gasteiger charge is -2.26. The lowest BCUT2D eigenvalue weighted by Crippen LogP contribution is -2.44. The number of nitrogens with zero attached hydrogens (tertiary/aromatic N) is 1. The van der Waals surface area contributed by atoms with Gasteiger partial charge in [-0.25, -0.2) is 0 Å². The van der Waals surface area contributed by atoms with E-state index in [-0.39, 0.29) is 18.2 Å². The first-order valence-electron chi connectivity index (χ1n) is 3.86. The SMILES string of the molecule is CC(N1CC(S)CC1=O)C(F)(F)F. The van der Waals surface area contributed by atoms with E-state index in [0.29, 0.717) is 0 Å². The highest BCUT2D eigenvalue weighted by Gasteiger charge is 2.44. The summed E-state index contributed by atoms with van der Waals surface area (Å²) < 4.78 is 36.5. The molecule has 6 heteroatoms. The number of amides is 1. The van der Waals surface area contributed by atoms with Gasteiger partial charge in [-0.3, -0.25) is 4.79 Å². The summed E-state index contributed by atoms with van der Waals surface area (Å²) in [5, 5.41) is -0.266. The molecule has 13 heavy (non-hydrogen) atoms. The largest absolute Gasteiger partial charge is 0.408 e. The first-order valence-corrected chi connectivity index (χ1v) is 4.38. The average Bonchev–Trinajstić information content (AvgIpc) is 2.26. The Bertz CT molecular complexity index is 218. The molecule has 0 aromatic carbocycles. The molecular formula is C7H10F3NOS. The van der Waals surface area contributed by atoms with Crippen LogP contribution >= 0.6 is 12.6 Å². The van der Waals surface area contributed by atoms with Crippen LogP contribution in [0.3, 0.4) is 0 Å². The fourth-order valence-corrected chi connectivity index (χ4v) is 1.60. The number of hydrogen-bond donors (Lipinski definition) is 1. The molecule has 1 saturated heterocycles. The number of halogens is 3. The van der Waals surface area contributed by atoms with Crippen molar-refractivity contribution >= 4 is 18.5 Å². The molecule has 0 aliphatic carbocycles. The van der Waals surface area contributed by atoms with Crippen LogP contribution in [0.15, 0.2) is 0 Å². The van der Waals surface area contributed by atoms with E-state index in [2.05, 4.69) is 12.6 Å². The molecule has 1 fully saturated rings. The van der Waals surface area contributed by atoms with E-state index < -0.39 is 18.1 Å². The van der Waals surface area contributed by atoms with Crippen LogP contribution in [0.5, 0.6) is 0 Å². The Morgan fingerprint density at radius 1 is 1.62 bits per heavy atom. The predicted octanol–water partition coefficient (Wildman–Crippen LogP) is 1.47. The number of carbonyl (C=O) groups excluding carboxylic acids is 1. The van der Waals surface area contributed by atoms with Gasteiger partial charge in [-0.2, -0.15) is 25.8 Å². The van der Waals surface area contributed by atoms with Crippen LogP contribution in [0.25, 0.3) is 0 Å². The molecule has 0 bridgehead atoms. The molecule has 2 atom stereocenters. The van der Waals surface area contributed by atoms with Gasteiger partial charge in [0.1, 0.15) is 6.04 Å². The molecule has 1 aliphatic heterocycles. The maximum Gasteiger partial charge on any atom is 0.408 e. The van der Waals surface area contributed by atoms with Gasteiger partial charge in [-0.1, -0.05) is 0 Å². The van der Waals surface area contributed by atoms with Gasteiger partial charge >= 0.3 is 6.18 Å². The Kier molecular flexibility index (Phi) is 2.79. The zero-order valence-electron chi connectivity index (χ0n) is 7.01. The Morgan fingerprint density at radius 3 is 2.46 bits per heavy atom. The number of likely N-dealkylation sites (tertiary alicyclic amines) is 1. The molecule has 2 unspecified atom stereocenters. The van der Waals surface area contributed by atoms with Crippen molar-refractivity contribution in [2.45, 2.75) is 30.8 Å². The molecule has 0 N–H and O–H groups in total. The van der Waals surface area contributed by atoms with E-state index in [0.717, 1.165) is 11.8 Å². The van der Waals surface area contributed by atoms with Crippen molar-refractivity contribution in [2.24, 2.45) is 0 Å². The van der Waals surface area contributed by atoms with Crippen LogP contribution < -0.4 is 0 Å². The van der Waals surface area contributed by atoms with E-state index >= 15 is 0 Å². The fraction of sp³-hybridized carbons (Fsp3) is 0.857. The van der Waals surface area contributed by atoms with Gasteiger partial charge in [0.25, 0.3) is 0 Å². The summed E-state index contributed by atoms with van der Waals surface area (Å²) >= 11 is 3.97. The Hall–Kier alpha value is -0.390. The highest BCUT2D eigenvalue weighted by atomic mass is 32.1. The lowest BCUT2D eigenvalue weighted by atomic mass is 10.3. The van der Waals surface area contributed by atoms with Gasteiger partial charge in [0.05, 0.1) is 0 Å². The Labute approximate surface area is 79.5 Å². The van der Waals surface area contributed by atoms with Crippen LogP contribution in [-0.4, -0.2) is 34.8 Å². The molecule has 76 valence electrons.